The lowest BCUT2D eigenvalue weighted by Crippen LogP contribution is -2.45. The van der Waals surface area contributed by atoms with E-state index in [4.69, 9.17) is 5.73 Å². The highest BCUT2D eigenvalue weighted by Gasteiger charge is 2.26. The number of nitrogens with two attached hydrogens (primary N) is 1. The van der Waals surface area contributed by atoms with Crippen LogP contribution >= 0.6 is 0 Å². The van der Waals surface area contributed by atoms with Crippen LogP contribution in [0.3, 0.4) is 0 Å². The van der Waals surface area contributed by atoms with Crippen molar-refractivity contribution in [1.82, 2.24) is 15.1 Å². The number of aryl methyl sites for hydroxylation is 2. The van der Waals surface area contributed by atoms with E-state index in [0.29, 0.717) is 24.7 Å². The van der Waals surface area contributed by atoms with Crippen molar-refractivity contribution in [2.45, 2.75) is 58.5 Å². The molecule has 0 saturated heterocycles. The number of aromatic nitrogens is 2. The summed E-state index contributed by atoms with van der Waals surface area (Å²) >= 11 is 0. The van der Waals surface area contributed by atoms with Gasteiger partial charge < -0.3 is 11.1 Å². The number of nitrogens with one attached hydrogen (secondary N) is 1. The molecule has 1 aromatic rings. The highest BCUT2D eigenvalue weighted by atomic mass is 16.2. The lowest BCUT2D eigenvalue weighted by Gasteiger charge is -2.31. The number of carbonyl (C=O) groups is 1. The maximum absolute atomic E-state index is 12.5. The molecule has 1 saturated carbocycles. The Balaban J connectivity index is 2.08. The second kappa shape index (κ2) is 6.88. The maximum atomic E-state index is 12.5. The van der Waals surface area contributed by atoms with Gasteiger partial charge in [0.15, 0.2) is 0 Å². The number of carbonyl (C=O) groups excluding carboxylic acids is 1. The van der Waals surface area contributed by atoms with Crippen LogP contribution in [0.15, 0.2) is 6.07 Å². The van der Waals surface area contributed by atoms with Crippen LogP contribution in [0.2, 0.25) is 0 Å². The molecule has 0 bridgehead atoms. The topological polar surface area (TPSA) is 72.9 Å². The van der Waals surface area contributed by atoms with Crippen LogP contribution in [0, 0.1) is 5.92 Å². The Morgan fingerprint density at radius 3 is 2.85 bits per heavy atom. The number of nitrogens with zero attached hydrogens (tertiary/aromatic N) is 2. The highest BCUT2D eigenvalue weighted by Crippen LogP contribution is 2.23. The van der Waals surface area contributed by atoms with Gasteiger partial charge in [0.2, 0.25) is 0 Å². The van der Waals surface area contributed by atoms with E-state index in [1.54, 1.807) is 4.68 Å². The summed E-state index contributed by atoms with van der Waals surface area (Å²) in [5.41, 5.74) is 7.46. The van der Waals surface area contributed by atoms with Crippen molar-refractivity contribution in [3.05, 3.63) is 17.5 Å². The third kappa shape index (κ3) is 3.20. The zero-order valence-electron chi connectivity index (χ0n) is 12.6. The fourth-order valence-electron chi connectivity index (χ4n) is 2.99. The Morgan fingerprint density at radius 2 is 2.20 bits per heavy atom. The predicted molar refractivity (Wildman–Crippen MR) is 79.5 cm³/mol. The molecule has 0 aromatic carbocycles. The minimum atomic E-state index is -0.00981. The van der Waals surface area contributed by atoms with Gasteiger partial charge in [0.05, 0.1) is 5.69 Å². The maximum Gasteiger partial charge on any atom is 0.269 e. The predicted octanol–water partition coefficient (Wildman–Crippen LogP) is 1.71. The molecule has 1 amide bonds. The fourth-order valence-corrected chi connectivity index (χ4v) is 2.99. The molecule has 0 aliphatic heterocycles. The van der Waals surface area contributed by atoms with Crippen LogP contribution in [0.25, 0.3) is 0 Å². The summed E-state index contributed by atoms with van der Waals surface area (Å²) in [6, 6.07) is 2.12. The molecule has 1 aliphatic carbocycles. The first-order valence-electron chi connectivity index (χ1n) is 7.77. The Morgan fingerprint density at radius 1 is 1.45 bits per heavy atom. The monoisotopic (exact) mass is 278 g/mol. The Bertz CT molecular complexity index is 455. The van der Waals surface area contributed by atoms with Crippen molar-refractivity contribution in [3.63, 3.8) is 0 Å². The number of amides is 1. The third-order valence-corrected chi connectivity index (χ3v) is 4.25. The van der Waals surface area contributed by atoms with Crippen molar-refractivity contribution < 1.29 is 4.79 Å². The van der Waals surface area contributed by atoms with E-state index in [9.17, 15) is 4.79 Å². The van der Waals surface area contributed by atoms with Gasteiger partial charge in [-0.05, 0) is 44.7 Å². The van der Waals surface area contributed by atoms with Gasteiger partial charge in [-0.15, -0.1) is 0 Å². The fraction of sp³-hybridized carbons (Fsp3) is 0.733. The molecule has 112 valence electrons. The average Bonchev–Trinajstić information content (AvgIpc) is 2.91. The number of rotatable bonds is 5. The SMILES string of the molecule is CCc1cc(C(=O)NC2CCCCC2CN)n(CC)n1. The van der Waals surface area contributed by atoms with Crippen LogP contribution in [-0.2, 0) is 13.0 Å². The van der Waals surface area contributed by atoms with Gasteiger partial charge in [-0.2, -0.15) is 5.10 Å². The van der Waals surface area contributed by atoms with Gasteiger partial charge in [-0.3, -0.25) is 9.48 Å². The van der Waals surface area contributed by atoms with E-state index in [2.05, 4.69) is 17.3 Å². The zero-order chi connectivity index (χ0) is 14.5. The standard InChI is InChI=1S/C15H26N4O/c1-3-12-9-14(19(4-2)18-12)15(20)17-13-8-6-5-7-11(13)10-16/h9,11,13H,3-8,10,16H2,1-2H3,(H,17,20). The van der Waals surface area contributed by atoms with Gasteiger partial charge >= 0.3 is 0 Å². The lowest BCUT2D eigenvalue weighted by molar-refractivity contribution is 0.0897. The number of hydrogen-bond acceptors (Lipinski definition) is 3. The minimum Gasteiger partial charge on any atom is -0.348 e. The Hall–Kier alpha value is -1.36. The van der Waals surface area contributed by atoms with E-state index in [1.165, 1.54) is 12.8 Å². The summed E-state index contributed by atoms with van der Waals surface area (Å²) in [4.78, 5) is 12.5. The zero-order valence-corrected chi connectivity index (χ0v) is 12.6. The molecule has 3 N–H and O–H groups in total. The normalized spacial score (nSPS) is 22.8. The molecule has 1 heterocycles. The Kier molecular flexibility index (Phi) is 5.17. The molecular weight excluding hydrogens is 252 g/mol. The summed E-state index contributed by atoms with van der Waals surface area (Å²) in [7, 11) is 0. The molecule has 2 atom stereocenters. The second-order valence-corrected chi connectivity index (χ2v) is 5.55. The smallest absolute Gasteiger partial charge is 0.269 e. The lowest BCUT2D eigenvalue weighted by atomic mass is 9.84. The molecule has 5 heteroatoms. The third-order valence-electron chi connectivity index (χ3n) is 4.25. The van der Waals surface area contributed by atoms with Gasteiger partial charge in [-0.25, -0.2) is 0 Å². The first-order valence-corrected chi connectivity index (χ1v) is 7.77. The molecule has 2 rings (SSSR count). The van der Waals surface area contributed by atoms with Gasteiger partial charge in [0.1, 0.15) is 5.69 Å². The van der Waals surface area contributed by atoms with Crippen LogP contribution in [0.5, 0.6) is 0 Å². The van der Waals surface area contributed by atoms with Gasteiger partial charge in [0, 0.05) is 12.6 Å². The van der Waals surface area contributed by atoms with Crippen LogP contribution in [-0.4, -0.2) is 28.3 Å². The van der Waals surface area contributed by atoms with E-state index in [1.807, 2.05) is 13.0 Å². The van der Waals surface area contributed by atoms with Crippen molar-refractivity contribution in [3.8, 4) is 0 Å². The highest BCUT2D eigenvalue weighted by molar-refractivity contribution is 5.92. The molecule has 0 radical (unpaired) electrons. The molecular formula is C15H26N4O. The molecule has 1 fully saturated rings. The summed E-state index contributed by atoms with van der Waals surface area (Å²) in [6.07, 6.45) is 5.40. The molecule has 2 unspecified atom stereocenters. The van der Waals surface area contributed by atoms with Crippen LogP contribution < -0.4 is 11.1 Å². The molecule has 1 aliphatic rings. The Labute approximate surface area is 120 Å². The largest absolute Gasteiger partial charge is 0.348 e. The summed E-state index contributed by atoms with van der Waals surface area (Å²) in [5.74, 6) is 0.403. The quantitative estimate of drug-likeness (QED) is 0.861. The summed E-state index contributed by atoms with van der Waals surface area (Å²) in [6.45, 7) is 5.42. The molecule has 20 heavy (non-hydrogen) atoms. The average molecular weight is 278 g/mol. The van der Waals surface area contributed by atoms with Gasteiger partial charge in [-0.1, -0.05) is 19.8 Å². The van der Waals surface area contributed by atoms with Crippen molar-refractivity contribution in [2.24, 2.45) is 11.7 Å². The molecule has 0 spiro atoms. The van der Waals surface area contributed by atoms with Gasteiger partial charge in [0.25, 0.3) is 5.91 Å². The van der Waals surface area contributed by atoms with Crippen molar-refractivity contribution in [2.75, 3.05) is 6.54 Å². The van der Waals surface area contributed by atoms with Crippen molar-refractivity contribution >= 4 is 5.91 Å². The number of hydrogen-bond donors (Lipinski definition) is 2. The summed E-state index contributed by atoms with van der Waals surface area (Å²) < 4.78 is 1.79. The van der Waals surface area contributed by atoms with Crippen molar-refractivity contribution in [1.29, 1.82) is 0 Å². The molecule has 1 aromatic heterocycles. The first kappa shape index (κ1) is 15.0. The minimum absolute atomic E-state index is 0.00981. The van der Waals surface area contributed by atoms with E-state index < -0.39 is 0 Å². The molecule has 5 nitrogen and oxygen atoms in total. The van der Waals surface area contributed by atoms with Crippen LogP contribution in [0.4, 0.5) is 0 Å². The second-order valence-electron chi connectivity index (χ2n) is 5.55. The van der Waals surface area contributed by atoms with Crippen LogP contribution in [0.1, 0.15) is 55.7 Å². The van der Waals surface area contributed by atoms with E-state index in [0.717, 1.165) is 25.0 Å². The summed E-state index contributed by atoms with van der Waals surface area (Å²) in [5, 5.41) is 7.60. The van der Waals surface area contributed by atoms with E-state index >= 15 is 0 Å². The first-order chi connectivity index (χ1) is 9.69. The van der Waals surface area contributed by atoms with E-state index in [-0.39, 0.29) is 11.9 Å².